The summed E-state index contributed by atoms with van der Waals surface area (Å²) in [6.07, 6.45) is 2.98. The minimum atomic E-state index is 0.0931. The van der Waals surface area contributed by atoms with Crippen molar-refractivity contribution in [2.45, 2.75) is 39.2 Å². The minimum absolute atomic E-state index is 0.0931. The van der Waals surface area contributed by atoms with Gasteiger partial charge in [0.15, 0.2) is 0 Å². The molecule has 0 spiro atoms. The number of hydrogen-bond donors (Lipinski definition) is 1. The summed E-state index contributed by atoms with van der Waals surface area (Å²) in [5, 5.41) is 5.12. The Kier molecular flexibility index (Phi) is 4.05. The summed E-state index contributed by atoms with van der Waals surface area (Å²) in [4.78, 5) is 15.5. The number of thiophene rings is 1. The Balaban J connectivity index is 2.12. The van der Waals surface area contributed by atoms with Gasteiger partial charge >= 0.3 is 6.03 Å². The van der Waals surface area contributed by atoms with Crippen molar-refractivity contribution in [3.05, 3.63) is 21.9 Å². The first-order valence-electron chi connectivity index (χ1n) is 6.38. The molecule has 3 nitrogen and oxygen atoms in total. The molecule has 17 heavy (non-hydrogen) atoms. The average molecular weight is 252 g/mol. The molecule has 0 aromatic carbocycles. The minimum Gasteiger partial charge on any atom is -0.338 e. The third-order valence-corrected chi connectivity index (χ3v) is 4.27. The molecule has 2 rings (SSSR count). The van der Waals surface area contributed by atoms with Crippen LogP contribution >= 0.6 is 11.3 Å². The van der Waals surface area contributed by atoms with Gasteiger partial charge in [0.05, 0.1) is 6.04 Å². The van der Waals surface area contributed by atoms with Crippen LogP contribution in [0, 0.1) is 0 Å². The lowest BCUT2D eigenvalue weighted by Crippen LogP contribution is -2.45. The Morgan fingerprint density at radius 2 is 2.41 bits per heavy atom. The van der Waals surface area contributed by atoms with Crippen molar-refractivity contribution in [1.82, 2.24) is 10.2 Å². The van der Waals surface area contributed by atoms with Crippen LogP contribution in [-0.4, -0.2) is 24.0 Å². The second kappa shape index (κ2) is 5.54. The number of fused-ring (bicyclic) bond motifs is 1. The van der Waals surface area contributed by atoms with Gasteiger partial charge in [-0.3, -0.25) is 0 Å². The van der Waals surface area contributed by atoms with Crippen molar-refractivity contribution < 1.29 is 4.79 Å². The molecule has 1 aliphatic rings. The van der Waals surface area contributed by atoms with E-state index in [4.69, 9.17) is 0 Å². The number of amides is 2. The van der Waals surface area contributed by atoms with E-state index in [0.717, 1.165) is 32.4 Å². The highest BCUT2D eigenvalue weighted by Gasteiger charge is 2.29. The van der Waals surface area contributed by atoms with Gasteiger partial charge in [-0.2, -0.15) is 0 Å². The average Bonchev–Trinajstić information content (AvgIpc) is 2.82. The molecule has 2 amide bonds. The van der Waals surface area contributed by atoms with Crippen LogP contribution in [0.1, 0.15) is 43.2 Å². The number of urea groups is 1. The lowest BCUT2D eigenvalue weighted by molar-refractivity contribution is 0.168. The van der Waals surface area contributed by atoms with Crippen LogP contribution in [0.5, 0.6) is 0 Å². The van der Waals surface area contributed by atoms with E-state index in [1.165, 1.54) is 10.4 Å². The zero-order chi connectivity index (χ0) is 12.3. The van der Waals surface area contributed by atoms with E-state index in [-0.39, 0.29) is 12.1 Å². The van der Waals surface area contributed by atoms with Gasteiger partial charge < -0.3 is 10.2 Å². The lowest BCUT2D eigenvalue weighted by atomic mass is 9.98. The number of nitrogens with zero attached hydrogens (tertiary/aromatic N) is 1. The SMILES string of the molecule is CCCNC(=O)N1CCc2sccc2C1CC. The quantitative estimate of drug-likeness (QED) is 0.880. The van der Waals surface area contributed by atoms with E-state index in [1.807, 2.05) is 16.2 Å². The molecule has 1 aromatic heterocycles. The molecule has 1 aliphatic heterocycles. The first kappa shape index (κ1) is 12.4. The summed E-state index contributed by atoms with van der Waals surface area (Å²) in [7, 11) is 0. The predicted octanol–water partition coefficient (Wildman–Crippen LogP) is 3.18. The van der Waals surface area contributed by atoms with E-state index in [9.17, 15) is 4.79 Å². The van der Waals surface area contributed by atoms with Crippen molar-refractivity contribution in [3.8, 4) is 0 Å². The second-order valence-corrected chi connectivity index (χ2v) is 5.40. The molecule has 1 N–H and O–H groups in total. The third-order valence-electron chi connectivity index (χ3n) is 3.27. The highest BCUT2D eigenvalue weighted by molar-refractivity contribution is 7.10. The van der Waals surface area contributed by atoms with Crippen molar-refractivity contribution in [2.75, 3.05) is 13.1 Å². The van der Waals surface area contributed by atoms with E-state index < -0.39 is 0 Å². The molecule has 0 aliphatic carbocycles. The maximum absolute atomic E-state index is 12.1. The van der Waals surface area contributed by atoms with Crippen LogP contribution in [-0.2, 0) is 6.42 Å². The first-order valence-corrected chi connectivity index (χ1v) is 7.26. The van der Waals surface area contributed by atoms with Crippen LogP contribution in [0.15, 0.2) is 11.4 Å². The van der Waals surface area contributed by atoms with Gasteiger partial charge in [0.25, 0.3) is 0 Å². The molecule has 1 aromatic rings. The Morgan fingerprint density at radius 1 is 1.59 bits per heavy atom. The third kappa shape index (κ3) is 2.46. The molecule has 0 saturated carbocycles. The molecule has 0 bridgehead atoms. The topological polar surface area (TPSA) is 32.3 Å². The number of carbonyl (C=O) groups excluding carboxylic acids is 1. The molecule has 94 valence electrons. The van der Waals surface area contributed by atoms with Crippen LogP contribution in [0.25, 0.3) is 0 Å². The Labute approximate surface area is 107 Å². The van der Waals surface area contributed by atoms with Gasteiger partial charge in [-0.05, 0) is 36.3 Å². The largest absolute Gasteiger partial charge is 0.338 e. The number of carbonyl (C=O) groups is 1. The summed E-state index contributed by atoms with van der Waals surface area (Å²) >= 11 is 1.82. The van der Waals surface area contributed by atoms with Crippen molar-refractivity contribution in [1.29, 1.82) is 0 Å². The van der Waals surface area contributed by atoms with Crippen LogP contribution in [0.4, 0.5) is 4.79 Å². The first-order chi connectivity index (χ1) is 8.27. The smallest absolute Gasteiger partial charge is 0.317 e. The summed E-state index contributed by atoms with van der Waals surface area (Å²) in [6, 6.07) is 2.53. The fraction of sp³-hybridized carbons (Fsp3) is 0.615. The number of nitrogens with one attached hydrogen (secondary N) is 1. The fourth-order valence-corrected chi connectivity index (χ4v) is 3.34. The molecule has 1 atom stereocenters. The van der Waals surface area contributed by atoms with E-state index >= 15 is 0 Å². The van der Waals surface area contributed by atoms with E-state index in [2.05, 4.69) is 30.6 Å². The molecule has 0 saturated heterocycles. The number of hydrogen-bond acceptors (Lipinski definition) is 2. The van der Waals surface area contributed by atoms with Gasteiger partial charge in [0, 0.05) is 18.0 Å². The van der Waals surface area contributed by atoms with Crippen LogP contribution in [0.2, 0.25) is 0 Å². The molecular weight excluding hydrogens is 232 g/mol. The zero-order valence-electron chi connectivity index (χ0n) is 10.5. The van der Waals surface area contributed by atoms with Gasteiger partial charge in [-0.25, -0.2) is 4.79 Å². The highest BCUT2D eigenvalue weighted by atomic mass is 32.1. The zero-order valence-corrected chi connectivity index (χ0v) is 11.3. The Bertz CT molecular complexity index is 389. The van der Waals surface area contributed by atoms with E-state index in [0.29, 0.717) is 0 Å². The lowest BCUT2D eigenvalue weighted by Gasteiger charge is -2.35. The highest BCUT2D eigenvalue weighted by Crippen LogP contribution is 2.34. The Hall–Kier alpha value is -1.03. The maximum atomic E-state index is 12.1. The molecule has 4 heteroatoms. The molecule has 1 unspecified atom stereocenters. The molecular formula is C13H20N2OS. The Morgan fingerprint density at radius 3 is 3.12 bits per heavy atom. The van der Waals surface area contributed by atoms with Gasteiger partial charge in [0.2, 0.25) is 0 Å². The van der Waals surface area contributed by atoms with Gasteiger partial charge in [-0.1, -0.05) is 13.8 Å². The van der Waals surface area contributed by atoms with Crippen molar-refractivity contribution >= 4 is 17.4 Å². The second-order valence-electron chi connectivity index (χ2n) is 4.40. The molecule has 0 radical (unpaired) electrons. The normalized spacial score (nSPS) is 18.9. The van der Waals surface area contributed by atoms with Crippen LogP contribution < -0.4 is 5.32 Å². The fourth-order valence-electron chi connectivity index (χ4n) is 2.41. The summed E-state index contributed by atoms with van der Waals surface area (Å²) < 4.78 is 0. The monoisotopic (exact) mass is 252 g/mol. The summed E-state index contributed by atoms with van der Waals surface area (Å²) in [5.41, 5.74) is 1.36. The van der Waals surface area contributed by atoms with Crippen LogP contribution in [0.3, 0.4) is 0 Å². The predicted molar refractivity (Wildman–Crippen MR) is 71.5 cm³/mol. The summed E-state index contributed by atoms with van der Waals surface area (Å²) in [5.74, 6) is 0. The summed E-state index contributed by atoms with van der Waals surface area (Å²) in [6.45, 7) is 5.84. The molecule has 2 heterocycles. The standard InChI is InChI=1S/C13H20N2OS/c1-3-7-14-13(16)15-8-5-12-10(6-9-17-12)11(15)4-2/h6,9,11H,3-5,7-8H2,1-2H3,(H,14,16). The van der Waals surface area contributed by atoms with Crippen molar-refractivity contribution in [2.24, 2.45) is 0 Å². The maximum Gasteiger partial charge on any atom is 0.317 e. The van der Waals surface area contributed by atoms with Gasteiger partial charge in [0.1, 0.15) is 0 Å². The van der Waals surface area contributed by atoms with E-state index in [1.54, 1.807) is 0 Å². The number of rotatable bonds is 3. The van der Waals surface area contributed by atoms with Crippen molar-refractivity contribution in [3.63, 3.8) is 0 Å². The van der Waals surface area contributed by atoms with Gasteiger partial charge in [-0.15, -0.1) is 11.3 Å². The molecule has 0 fully saturated rings.